The van der Waals surface area contributed by atoms with E-state index in [9.17, 15) is 19.2 Å². The molecule has 0 radical (unpaired) electrons. The second kappa shape index (κ2) is 9.33. The maximum atomic E-state index is 13.8. The minimum atomic E-state index is -1.35. The van der Waals surface area contributed by atoms with Gasteiger partial charge in [-0.1, -0.05) is 54.6 Å². The van der Waals surface area contributed by atoms with Crippen LogP contribution < -0.4 is 10.2 Å². The second-order valence-electron chi connectivity index (χ2n) is 8.72. The molecule has 0 N–H and O–H groups in total. The lowest BCUT2D eigenvalue weighted by atomic mass is 10.0. The van der Waals surface area contributed by atoms with Crippen molar-refractivity contribution in [3.05, 3.63) is 124 Å². The summed E-state index contributed by atoms with van der Waals surface area (Å²) in [6.07, 6.45) is 1.38. The zero-order valence-corrected chi connectivity index (χ0v) is 19.8. The molecule has 38 heavy (non-hydrogen) atoms. The van der Waals surface area contributed by atoms with Gasteiger partial charge in [0.05, 0.1) is 22.8 Å². The van der Waals surface area contributed by atoms with Crippen molar-refractivity contribution in [2.24, 2.45) is 0 Å². The van der Waals surface area contributed by atoms with Crippen molar-refractivity contribution in [2.45, 2.75) is 12.5 Å². The summed E-state index contributed by atoms with van der Waals surface area (Å²) in [7, 11) is 0. The maximum Gasteiger partial charge on any atom is 0.335 e. The predicted molar refractivity (Wildman–Crippen MR) is 137 cm³/mol. The first kappa shape index (κ1) is 23.2. The van der Waals surface area contributed by atoms with E-state index in [2.05, 4.69) is 0 Å². The normalized spacial score (nSPS) is 13.5. The Labute approximate surface area is 215 Å². The smallest absolute Gasteiger partial charge is 0.335 e. The van der Waals surface area contributed by atoms with Crippen LogP contribution in [0.15, 0.2) is 111 Å². The molecule has 2 amide bonds. The number of para-hydroxylation sites is 1. The molecule has 8 nitrogen and oxygen atoms in total. The summed E-state index contributed by atoms with van der Waals surface area (Å²) < 4.78 is 17.1. The molecule has 0 saturated carbocycles. The van der Waals surface area contributed by atoms with Crippen molar-refractivity contribution in [3.63, 3.8) is 0 Å². The molecule has 0 aliphatic carbocycles. The minimum absolute atomic E-state index is 0.0137. The molecule has 0 spiro atoms. The van der Waals surface area contributed by atoms with Crippen molar-refractivity contribution in [1.82, 2.24) is 4.90 Å². The van der Waals surface area contributed by atoms with E-state index < -0.39 is 35.0 Å². The van der Waals surface area contributed by atoms with Crippen LogP contribution in [-0.2, 0) is 11.2 Å². The lowest BCUT2D eigenvalue weighted by Crippen LogP contribution is -2.48. The van der Waals surface area contributed by atoms with Crippen LogP contribution in [0.25, 0.3) is 22.5 Å². The first-order chi connectivity index (χ1) is 18.5. The summed E-state index contributed by atoms with van der Waals surface area (Å²) in [4.78, 5) is 54.7. The lowest BCUT2D eigenvalue weighted by Gasteiger charge is -2.24. The third-order valence-electron chi connectivity index (χ3n) is 6.38. The topological polar surface area (TPSA) is 107 Å². The van der Waals surface area contributed by atoms with Crippen LogP contribution in [0.5, 0.6) is 5.75 Å². The van der Waals surface area contributed by atoms with Gasteiger partial charge >= 0.3 is 5.97 Å². The van der Waals surface area contributed by atoms with Gasteiger partial charge in [0.15, 0.2) is 5.76 Å². The number of hydrogen-bond donors (Lipinski definition) is 0. The SMILES string of the molecule is O=C(Oc1c(-c2ccco2)oc2ccccc2c1=O)[C@H](Cc1ccccc1)N1C(=O)c2ccccc2C1=O. The molecular formula is C30H19NO7. The summed E-state index contributed by atoms with van der Waals surface area (Å²) in [5.74, 6) is -2.47. The number of imide groups is 1. The molecule has 2 aromatic heterocycles. The van der Waals surface area contributed by atoms with Gasteiger partial charge < -0.3 is 13.6 Å². The van der Waals surface area contributed by atoms with E-state index in [1.807, 2.05) is 6.07 Å². The van der Waals surface area contributed by atoms with E-state index in [4.69, 9.17) is 13.6 Å². The zero-order chi connectivity index (χ0) is 26.2. The fraction of sp³-hybridized carbons (Fsp3) is 0.0667. The van der Waals surface area contributed by atoms with Crippen molar-refractivity contribution in [3.8, 4) is 17.3 Å². The molecule has 3 heterocycles. The zero-order valence-electron chi connectivity index (χ0n) is 19.8. The Morgan fingerprint density at radius 3 is 2.13 bits per heavy atom. The fourth-order valence-corrected chi connectivity index (χ4v) is 4.56. The fourth-order valence-electron chi connectivity index (χ4n) is 4.56. The number of carbonyl (C=O) groups excluding carboxylic acids is 3. The lowest BCUT2D eigenvalue weighted by molar-refractivity contribution is -0.138. The number of esters is 1. The molecule has 8 heteroatoms. The Morgan fingerprint density at radius 1 is 0.789 bits per heavy atom. The highest BCUT2D eigenvalue weighted by Gasteiger charge is 2.44. The van der Waals surface area contributed by atoms with Crippen LogP contribution in [-0.4, -0.2) is 28.7 Å². The van der Waals surface area contributed by atoms with Gasteiger partial charge in [-0.15, -0.1) is 0 Å². The molecule has 1 aliphatic rings. The molecule has 3 aromatic carbocycles. The van der Waals surface area contributed by atoms with Gasteiger partial charge in [-0.25, -0.2) is 4.79 Å². The predicted octanol–water partition coefficient (Wildman–Crippen LogP) is 4.87. The standard InChI is InChI=1S/C30H19NO7/c32-25-21-13-6-7-14-23(21)37-26(24-15-8-16-36-24)27(25)38-30(35)22(17-18-9-2-1-3-10-18)31-28(33)19-11-4-5-12-20(19)29(31)34/h1-16,22H,17H2/t22-/m0/s1. The molecule has 1 atom stereocenters. The van der Waals surface area contributed by atoms with Gasteiger partial charge in [-0.3, -0.25) is 19.3 Å². The maximum absolute atomic E-state index is 13.8. The first-order valence-electron chi connectivity index (χ1n) is 11.8. The number of rotatable bonds is 6. The van der Waals surface area contributed by atoms with Gasteiger partial charge in [0.25, 0.3) is 11.8 Å². The van der Waals surface area contributed by atoms with Crippen LogP contribution in [0.2, 0.25) is 0 Å². The molecule has 186 valence electrons. The Hall–Kier alpha value is -5.24. The number of hydrogen-bond acceptors (Lipinski definition) is 7. The number of nitrogens with zero attached hydrogens (tertiary/aromatic N) is 1. The highest BCUT2D eigenvalue weighted by Crippen LogP contribution is 2.32. The summed E-state index contributed by atoms with van der Waals surface area (Å²) in [5, 5.41) is 0.200. The quantitative estimate of drug-likeness (QED) is 0.239. The summed E-state index contributed by atoms with van der Waals surface area (Å²) in [6, 6.07) is 23.7. The number of ether oxygens (including phenoxy) is 1. The van der Waals surface area contributed by atoms with Crippen molar-refractivity contribution in [2.75, 3.05) is 0 Å². The van der Waals surface area contributed by atoms with Crippen molar-refractivity contribution in [1.29, 1.82) is 0 Å². The average molecular weight is 505 g/mol. The number of furan rings is 1. The molecular weight excluding hydrogens is 486 g/mol. The average Bonchev–Trinajstić information content (AvgIpc) is 3.57. The largest absolute Gasteiger partial charge is 0.461 e. The third-order valence-corrected chi connectivity index (χ3v) is 6.38. The molecule has 0 saturated heterocycles. The second-order valence-corrected chi connectivity index (χ2v) is 8.72. The molecule has 5 aromatic rings. The van der Waals surface area contributed by atoms with Gasteiger partial charge in [-0.2, -0.15) is 0 Å². The van der Waals surface area contributed by atoms with E-state index in [1.54, 1.807) is 72.8 Å². The molecule has 0 unspecified atom stereocenters. The highest BCUT2D eigenvalue weighted by atomic mass is 16.5. The number of benzene rings is 3. The van der Waals surface area contributed by atoms with Gasteiger partial charge in [-0.05, 0) is 42.0 Å². The van der Waals surface area contributed by atoms with E-state index in [0.29, 0.717) is 5.56 Å². The molecule has 0 bridgehead atoms. The van der Waals surface area contributed by atoms with E-state index >= 15 is 0 Å². The molecule has 1 aliphatic heterocycles. The Kier molecular flexibility index (Phi) is 5.69. The van der Waals surface area contributed by atoms with E-state index in [-0.39, 0.29) is 40.0 Å². The first-order valence-corrected chi connectivity index (χ1v) is 11.8. The van der Waals surface area contributed by atoms with Crippen LogP contribution >= 0.6 is 0 Å². The van der Waals surface area contributed by atoms with Gasteiger partial charge in [0.2, 0.25) is 16.9 Å². The summed E-state index contributed by atoms with van der Waals surface area (Å²) in [5.41, 5.74) is 0.787. The summed E-state index contributed by atoms with van der Waals surface area (Å²) >= 11 is 0. The van der Waals surface area contributed by atoms with Crippen LogP contribution in [0.3, 0.4) is 0 Å². The number of carbonyl (C=O) groups is 3. The number of fused-ring (bicyclic) bond motifs is 2. The molecule has 6 rings (SSSR count). The minimum Gasteiger partial charge on any atom is -0.461 e. The Morgan fingerprint density at radius 2 is 1.45 bits per heavy atom. The van der Waals surface area contributed by atoms with Crippen molar-refractivity contribution < 1.29 is 28.0 Å². The van der Waals surface area contributed by atoms with Crippen LogP contribution in [0.1, 0.15) is 26.3 Å². The van der Waals surface area contributed by atoms with Crippen LogP contribution in [0.4, 0.5) is 0 Å². The van der Waals surface area contributed by atoms with Gasteiger partial charge in [0, 0.05) is 6.42 Å². The Bertz CT molecular complexity index is 1720. The molecule has 0 fully saturated rings. The third kappa shape index (κ3) is 3.88. The van der Waals surface area contributed by atoms with Crippen LogP contribution in [0, 0.1) is 0 Å². The van der Waals surface area contributed by atoms with Gasteiger partial charge in [0.1, 0.15) is 11.6 Å². The monoisotopic (exact) mass is 505 g/mol. The highest BCUT2D eigenvalue weighted by molar-refractivity contribution is 6.22. The van der Waals surface area contributed by atoms with E-state index in [1.165, 1.54) is 18.4 Å². The Balaban J connectivity index is 1.45. The summed E-state index contributed by atoms with van der Waals surface area (Å²) in [6.45, 7) is 0. The van der Waals surface area contributed by atoms with Crippen molar-refractivity contribution >= 4 is 28.8 Å². The number of amides is 2. The van der Waals surface area contributed by atoms with E-state index in [0.717, 1.165) is 4.90 Å².